The number of amides is 2. The molecule has 2 aliphatic rings. The second-order valence-electron chi connectivity index (χ2n) is 11.5. The molecule has 0 aliphatic heterocycles. The maximum Gasteiger partial charge on any atom is 0.389 e. The Kier molecular flexibility index (Phi) is 7.92. The van der Waals surface area contributed by atoms with E-state index in [2.05, 4.69) is 25.6 Å². The van der Waals surface area contributed by atoms with Crippen LogP contribution in [0.2, 0.25) is 0 Å². The first-order valence-corrected chi connectivity index (χ1v) is 13.9. The number of fused-ring (bicyclic) bond motifs is 1. The van der Waals surface area contributed by atoms with Gasteiger partial charge in [-0.3, -0.25) is 9.59 Å². The molecule has 1 aromatic carbocycles. The number of nitrogens with one attached hydrogen (secondary N) is 2. The Labute approximate surface area is 240 Å². The predicted octanol–water partition coefficient (Wildman–Crippen LogP) is 5.39. The molecular weight excluding hydrogens is 587 g/mol. The van der Waals surface area contributed by atoms with Crippen LogP contribution in [0, 0.1) is 11.8 Å². The van der Waals surface area contributed by atoms with Gasteiger partial charge in [-0.25, -0.2) is 27.2 Å². The summed E-state index contributed by atoms with van der Waals surface area (Å²) in [7, 11) is 0. The summed E-state index contributed by atoms with van der Waals surface area (Å²) in [6, 6.07) is 4.26. The molecule has 0 radical (unpaired) electrons. The van der Waals surface area contributed by atoms with Gasteiger partial charge in [0.25, 0.3) is 11.8 Å². The average Bonchev–Trinajstić information content (AvgIpc) is 3.22. The summed E-state index contributed by atoms with van der Waals surface area (Å²) < 4.78 is 93.9. The highest BCUT2D eigenvalue weighted by atomic mass is 19.4. The zero-order chi connectivity index (χ0) is 31.3. The molecule has 0 bridgehead atoms. The number of carbonyl (C=O) groups is 2. The average molecular weight is 618 g/mol. The first kappa shape index (κ1) is 30.7. The van der Waals surface area contributed by atoms with Gasteiger partial charge in [0.15, 0.2) is 0 Å². The normalized spacial score (nSPS) is 21.4. The number of hydrogen-bond acceptors (Lipinski definition) is 5. The van der Waals surface area contributed by atoms with Crippen LogP contribution in [0.3, 0.4) is 0 Å². The van der Waals surface area contributed by atoms with Crippen LogP contribution < -0.4 is 11.1 Å². The van der Waals surface area contributed by atoms with Gasteiger partial charge in [0.05, 0.1) is 36.0 Å². The van der Waals surface area contributed by atoms with E-state index >= 15 is 0 Å². The predicted molar refractivity (Wildman–Crippen MR) is 138 cm³/mol. The van der Waals surface area contributed by atoms with Crippen LogP contribution in [0.4, 0.5) is 30.7 Å². The number of benzene rings is 1. The Morgan fingerprint density at radius 1 is 1.19 bits per heavy atom. The third-order valence-electron chi connectivity index (χ3n) is 8.20. The minimum absolute atomic E-state index is 0.0521. The van der Waals surface area contributed by atoms with Crippen molar-refractivity contribution in [1.82, 2.24) is 30.3 Å². The number of aromatic nitrogens is 5. The SMILES string of the molecule is C[C@@H](NC(=O)CCC(F)(F)F)c1ccc2nc([C@H](c3nnn(CC4CC4(F)F)c3C(N)=O)C3CCC(F)(F)CC3)[nH]c2c1. The quantitative estimate of drug-likeness (QED) is 0.263. The van der Waals surface area contributed by atoms with E-state index in [1.54, 1.807) is 25.1 Å². The highest BCUT2D eigenvalue weighted by molar-refractivity contribution is 5.92. The lowest BCUT2D eigenvalue weighted by molar-refractivity contribution is -0.144. The van der Waals surface area contributed by atoms with Crippen LogP contribution in [0.15, 0.2) is 18.2 Å². The molecule has 0 saturated heterocycles. The summed E-state index contributed by atoms with van der Waals surface area (Å²) in [4.78, 5) is 32.3. The van der Waals surface area contributed by atoms with Gasteiger partial charge in [-0.2, -0.15) is 13.2 Å². The molecule has 9 nitrogen and oxygen atoms in total. The van der Waals surface area contributed by atoms with E-state index in [-0.39, 0.29) is 43.0 Å². The van der Waals surface area contributed by atoms with Gasteiger partial charge in [-0.15, -0.1) is 5.10 Å². The molecular formula is C27H30F7N7O2. The van der Waals surface area contributed by atoms with E-state index in [1.165, 1.54) is 0 Å². The second kappa shape index (κ2) is 11.1. The number of nitrogens with zero attached hydrogens (tertiary/aromatic N) is 4. The molecule has 2 amide bonds. The molecule has 234 valence electrons. The number of halogens is 7. The summed E-state index contributed by atoms with van der Waals surface area (Å²) in [6.07, 6.45) is -7.47. The molecule has 2 heterocycles. The van der Waals surface area contributed by atoms with Crippen molar-refractivity contribution in [3.05, 3.63) is 41.0 Å². The number of primary amides is 1. The van der Waals surface area contributed by atoms with Gasteiger partial charge in [0, 0.05) is 31.6 Å². The number of carbonyl (C=O) groups excluding carboxylic acids is 2. The smallest absolute Gasteiger partial charge is 0.364 e. The van der Waals surface area contributed by atoms with Crippen molar-refractivity contribution in [2.45, 2.75) is 88.4 Å². The maximum absolute atomic E-state index is 14.1. The van der Waals surface area contributed by atoms with Crippen molar-refractivity contribution in [2.24, 2.45) is 17.6 Å². The summed E-state index contributed by atoms with van der Waals surface area (Å²) in [5.41, 5.74) is 6.99. The van der Waals surface area contributed by atoms with Crippen molar-refractivity contribution in [3.8, 4) is 0 Å². The molecule has 2 aromatic heterocycles. The number of rotatable bonds is 10. The number of aromatic amines is 1. The Morgan fingerprint density at radius 2 is 1.86 bits per heavy atom. The third-order valence-corrected chi connectivity index (χ3v) is 8.20. The molecule has 1 unspecified atom stereocenters. The first-order chi connectivity index (χ1) is 20.0. The maximum atomic E-state index is 14.1. The molecule has 2 saturated carbocycles. The summed E-state index contributed by atoms with van der Waals surface area (Å²) in [5, 5.41) is 10.6. The minimum Gasteiger partial charge on any atom is -0.364 e. The molecule has 43 heavy (non-hydrogen) atoms. The molecule has 3 aromatic rings. The van der Waals surface area contributed by atoms with E-state index in [4.69, 9.17) is 5.73 Å². The fourth-order valence-electron chi connectivity index (χ4n) is 5.68. The molecule has 3 atom stereocenters. The van der Waals surface area contributed by atoms with E-state index in [0.29, 0.717) is 16.6 Å². The van der Waals surface area contributed by atoms with Crippen LogP contribution in [0.5, 0.6) is 0 Å². The van der Waals surface area contributed by atoms with Gasteiger partial charge in [-0.1, -0.05) is 11.3 Å². The lowest BCUT2D eigenvalue weighted by Gasteiger charge is -2.32. The van der Waals surface area contributed by atoms with Crippen LogP contribution >= 0.6 is 0 Å². The largest absolute Gasteiger partial charge is 0.389 e. The Bertz CT molecular complexity index is 1510. The van der Waals surface area contributed by atoms with Crippen LogP contribution in [-0.2, 0) is 11.3 Å². The summed E-state index contributed by atoms with van der Waals surface area (Å²) in [6.45, 7) is 1.32. The lowest BCUT2D eigenvalue weighted by atomic mass is 9.76. The van der Waals surface area contributed by atoms with Crippen LogP contribution in [-0.4, -0.2) is 54.8 Å². The Hall–Kier alpha value is -3.72. The van der Waals surface area contributed by atoms with Crippen molar-refractivity contribution in [3.63, 3.8) is 0 Å². The topological polar surface area (TPSA) is 132 Å². The minimum atomic E-state index is -4.46. The van der Waals surface area contributed by atoms with Crippen LogP contribution in [0.1, 0.15) is 91.4 Å². The van der Waals surface area contributed by atoms with Gasteiger partial charge >= 0.3 is 6.18 Å². The summed E-state index contributed by atoms with van der Waals surface area (Å²) in [5.74, 6) is -9.53. The Balaban J connectivity index is 1.46. The van der Waals surface area contributed by atoms with E-state index in [0.717, 1.165) is 4.68 Å². The molecule has 4 N–H and O–H groups in total. The van der Waals surface area contributed by atoms with Crippen molar-refractivity contribution < 1.29 is 40.3 Å². The zero-order valence-electron chi connectivity index (χ0n) is 23.0. The molecule has 2 fully saturated rings. The zero-order valence-corrected chi connectivity index (χ0v) is 23.0. The van der Waals surface area contributed by atoms with Crippen LogP contribution in [0.25, 0.3) is 11.0 Å². The Morgan fingerprint density at radius 3 is 2.47 bits per heavy atom. The van der Waals surface area contributed by atoms with Gasteiger partial charge in [-0.05, 0) is 43.4 Å². The molecule has 5 rings (SSSR count). The lowest BCUT2D eigenvalue weighted by Crippen LogP contribution is -2.30. The highest BCUT2D eigenvalue weighted by Crippen LogP contribution is 2.50. The standard InChI is InChI=1S/C27H30F7N7O2/c1-13(36-19(42)6-9-27(32,33)34)15-2-3-17-18(10-15)38-24(37-17)20(14-4-7-25(28,29)8-5-14)21-22(23(35)43)41(40-39-21)12-16-11-26(16,30)31/h2-3,10,13-14,16,20H,4-9,11-12H2,1H3,(H2,35,43)(H,36,42)(H,37,38)/t13-,16?,20+/m1/s1. The molecule has 2 aliphatic carbocycles. The fraction of sp³-hybridized carbons (Fsp3) is 0.593. The van der Waals surface area contributed by atoms with Gasteiger partial charge < -0.3 is 16.0 Å². The number of imidazole rings is 1. The first-order valence-electron chi connectivity index (χ1n) is 13.9. The van der Waals surface area contributed by atoms with Crippen molar-refractivity contribution in [1.29, 1.82) is 0 Å². The third kappa shape index (κ3) is 6.93. The fourth-order valence-corrected chi connectivity index (χ4v) is 5.68. The monoisotopic (exact) mass is 617 g/mol. The number of alkyl halides is 7. The number of H-pyrrole nitrogens is 1. The molecule has 0 spiro atoms. The number of hydrogen-bond donors (Lipinski definition) is 3. The highest BCUT2D eigenvalue weighted by Gasteiger charge is 2.57. The van der Waals surface area contributed by atoms with E-state index in [1.807, 2.05) is 0 Å². The summed E-state index contributed by atoms with van der Waals surface area (Å²) >= 11 is 0. The van der Waals surface area contributed by atoms with E-state index in [9.17, 15) is 40.3 Å². The van der Waals surface area contributed by atoms with Crippen molar-refractivity contribution >= 4 is 22.8 Å². The van der Waals surface area contributed by atoms with E-state index < -0.39 is 79.3 Å². The number of nitrogens with two attached hydrogens (primary N) is 1. The van der Waals surface area contributed by atoms with Crippen molar-refractivity contribution in [2.75, 3.05) is 0 Å². The van der Waals surface area contributed by atoms with Gasteiger partial charge in [0.2, 0.25) is 11.8 Å². The second-order valence-corrected chi connectivity index (χ2v) is 11.5. The molecule has 16 heteroatoms. The van der Waals surface area contributed by atoms with Gasteiger partial charge in [0.1, 0.15) is 17.2 Å².